The largest absolute Gasteiger partial charge is 0.420 e. The molecule has 3 aliphatic rings. The molecule has 0 N–H and O–H groups in total. The van der Waals surface area contributed by atoms with Crippen LogP contribution < -0.4 is 4.90 Å². The van der Waals surface area contributed by atoms with E-state index < -0.39 is 0 Å². The molecule has 0 spiro atoms. The lowest BCUT2D eigenvalue weighted by Gasteiger charge is -2.42. The van der Waals surface area contributed by atoms with Gasteiger partial charge in [-0.25, -0.2) is 4.99 Å². The van der Waals surface area contributed by atoms with Crippen molar-refractivity contribution in [2.45, 2.75) is 64.0 Å². The maximum Gasteiger partial charge on any atom is 0.300 e. The number of para-hydroxylation sites is 2. The van der Waals surface area contributed by atoms with Gasteiger partial charge in [-0.1, -0.05) is 73.9 Å². The lowest BCUT2D eigenvalue weighted by molar-refractivity contribution is -0.122. The van der Waals surface area contributed by atoms with E-state index in [-0.39, 0.29) is 17.5 Å². The zero-order valence-electron chi connectivity index (χ0n) is 21.3. The number of benzene rings is 2. The van der Waals surface area contributed by atoms with Crippen molar-refractivity contribution in [1.29, 1.82) is 0 Å². The van der Waals surface area contributed by atoms with Gasteiger partial charge in [0.15, 0.2) is 5.76 Å². The molecule has 36 heavy (non-hydrogen) atoms. The fourth-order valence-corrected chi connectivity index (χ4v) is 5.30. The number of allylic oxidation sites excluding steroid dienone is 3. The van der Waals surface area contributed by atoms with E-state index in [4.69, 9.17) is 9.73 Å². The zero-order chi connectivity index (χ0) is 25.0. The number of likely N-dealkylation sites (N-methyl/N-ethyl adjacent to an activating group) is 1. The molecule has 1 unspecified atom stereocenters. The van der Waals surface area contributed by atoms with Gasteiger partial charge in [0.25, 0.3) is 5.91 Å². The molecule has 2 fully saturated rings. The van der Waals surface area contributed by atoms with Crippen LogP contribution in [0.15, 0.2) is 101 Å². The Balaban J connectivity index is 1.38. The van der Waals surface area contributed by atoms with Gasteiger partial charge in [0.05, 0.1) is 11.6 Å². The number of amides is 1. The van der Waals surface area contributed by atoms with Crippen LogP contribution in [0.2, 0.25) is 0 Å². The number of carbonyl (C=O) groups excluding carboxylic acids is 1. The van der Waals surface area contributed by atoms with Crippen LogP contribution in [0.5, 0.6) is 0 Å². The molecule has 1 aliphatic heterocycles. The van der Waals surface area contributed by atoms with Gasteiger partial charge in [-0.2, -0.15) is 0 Å². The normalized spacial score (nSPS) is 24.8. The third-order valence-electron chi connectivity index (χ3n) is 7.30. The second-order valence-electron chi connectivity index (χ2n) is 9.97. The fourth-order valence-electron chi connectivity index (χ4n) is 5.30. The lowest BCUT2D eigenvalue weighted by Crippen LogP contribution is -2.42. The van der Waals surface area contributed by atoms with Crippen LogP contribution in [-0.4, -0.2) is 35.0 Å². The van der Waals surface area contributed by atoms with Crippen molar-refractivity contribution in [2.75, 3.05) is 11.4 Å². The molecule has 0 bridgehead atoms. The first-order chi connectivity index (χ1) is 17.6. The van der Waals surface area contributed by atoms with Crippen LogP contribution in [0.4, 0.5) is 11.4 Å². The van der Waals surface area contributed by atoms with Crippen molar-refractivity contribution >= 4 is 23.3 Å². The Bertz CT molecular complexity index is 1150. The molecule has 1 amide bonds. The summed E-state index contributed by atoms with van der Waals surface area (Å²) in [4.78, 5) is 21.9. The van der Waals surface area contributed by atoms with E-state index in [1.54, 1.807) is 4.90 Å². The summed E-state index contributed by atoms with van der Waals surface area (Å²) in [6, 6.07) is 21.7. The molecule has 2 aliphatic carbocycles. The predicted molar refractivity (Wildman–Crippen MR) is 146 cm³/mol. The van der Waals surface area contributed by atoms with Gasteiger partial charge in [0.2, 0.25) is 0 Å². The van der Waals surface area contributed by atoms with Gasteiger partial charge in [-0.05, 0) is 69.0 Å². The van der Waals surface area contributed by atoms with Gasteiger partial charge >= 0.3 is 6.02 Å². The highest BCUT2D eigenvalue weighted by Crippen LogP contribution is 2.38. The molecule has 5 nitrogen and oxygen atoms in total. The molecule has 1 saturated heterocycles. The molecule has 2 aromatic rings. The summed E-state index contributed by atoms with van der Waals surface area (Å²) in [6.07, 6.45) is 15.0. The molecule has 186 valence electrons. The summed E-state index contributed by atoms with van der Waals surface area (Å²) in [5, 5.41) is 0. The van der Waals surface area contributed by atoms with Crippen molar-refractivity contribution < 1.29 is 9.53 Å². The van der Waals surface area contributed by atoms with Crippen molar-refractivity contribution in [3.63, 3.8) is 0 Å². The SMILES string of the molecule is CCN1C(=O)/C(=C\C2=CCC(C)(N(c3ccccc3)c3ccccc3)C=C2)OC1=NC1CCCCC1. The number of hydrogen-bond acceptors (Lipinski definition) is 4. The Morgan fingerprint density at radius 2 is 1.67 bits per heavy atom. The number of amidine groups is 1. The number of carbonyl (C=O) groups is 1. The Morgan fingerprint density at radius 3 is 2.22 bits per heavy atom. The second-order valence-corrected chi connectivity index (χ2v) is 9.97. The minimum Gasteiger partial charge on any atom is -0.420 e. The first-order valence-corrected chi connectivity index (χ1v) is 13.2. The minimum atomic E-state index is -0.256. The number of hydrogen-bond donors (Lipinski definition) is 0. The third-order valence-corrected chi connectivity index (χ3v) is 7.30. The smallest absolute Gasteiger partial charge is 0.300 e. The van der Waals surface area contributed by atoms with Gasteiger partial charge in [-0.3, -0.25) is 9.69 Å². The van der Waals surface area contributed by atoms with Crippen molar-refractivity contribution in [2.24, 2.45) is 4.99 Å². The summed E-state index contributed by atoms with van der Waals surface area (Å²) in [5.41, 5.74) is 3.01. The van der Waals surface area contributed by atoms with Gasteiger partial charge in [-0.15, -0.1) is 0 Å². The summed E-state index contributed by atoms with van der Waals surface area (Å²) in [7, 11) is 0. The molecular weight excluding hydrogens is 446 g/mol. The first kappa shape index (κ1) is 24.1. The summed E-state index contributed by atoms with van der Waals surface area (Å²) < 4.78 is 6.02. The number of nitrogens with zero attached hydrogens (tertiary/aromatic N) is 3. The van der Waals surface area contributed by atoms with Crippen LogP contribution in [0, 0.1) is 0 Å². The van der Waals surface area contributed by atoms with E-state index in [1.165, 1.54) is 19.3 Å². The van der Waals surface area contributed by atoms with Gasteiger partial charge in [0, 0.05) is 17.9 Å². The monoisotopic (exact) mass is 481 g/mol. The van der Waals surface area contributed by atoms with Crippen LogP contribution in [0.1, 0.15) is 52.4 Å². The number of aliphatic imine (C=N–C) groups is 1. The van der Waals surface area contributed by atoms with Crippen molar-refractivity contribution in [3.05, 3.63) is 96.3 Å². The molecule has 1 heterocycles. The van der Waals surface area contributed by atoms with E-state index in [0.717, 1.165) is 36.2 Å². The number of rotatable bonds is 6. The molecule has 5 rings (SSSR count). The molecule has 5 heteroatoms. The van der Waals surface area contributed by atoms with Gasteiger partial charge < -0.3 is 9.64 Å². The molecule has 1 saturated carbocycles. The minimum absolute atomic E-state index is 0.107. The van der Waals surface area contributed by atoms with Crippen LogP contribution >= 0.6 is 0 Å². The quantitative estimate of drug-likeness (QED) is 0.421. The third kappa shape index (κ3) is 5.01. The maximum atomic E-state index is 13.1. The molecular formula is C31H35N3O2. The van der Waals surface area contributed by atoms with E-state index in [1.807, 2.05) is 25.1 Å². The highest BCUT2D eigenvalue weighted by Gasteiger charge is 2.36. The predicted octanol–water partition coefficient (Wildman–Crippen LogP) is 6.92. The van der Waals surface area contributed by atoms with Crippen LogP contribution in [0.25, 0.3) is 0 Å². The number of anilines is 2. The molecule has 0 aromatic heterocycles. The van der Waals surface area contributed by atoms with E-state index in [2.05, 4.69) is 78.6 Å². The zero-order valence-corrected chi connectivity index (χ0v) is 21.3. The highest BCUT2D eigenvalue weighted by atomic mass is 16.5. The fraction of sp³-hybridized carbons (Fsp3) is 0.355. The highest BCUT2D eigenvalue weighted by molar-refractivity contribution is 6.09. The van der Waals surface area contributed by atoms with Crippen LogP contribution in [-0.2, 0) is 9.53 Å². The van der Waals surface area contributed by atoms with Crippen molar-refractivity contribution in [1.82, 2.24) is 4.90 Å². The average Bonchev–Trinajstić information content (AvgIpc) is 3.20. The first-order valence-electron chi connectivity index (χ1n) is 13.2. The average molecular weight is 482 g/mol. The Morgan fingerprint density at radius 1 is 1.03 bits per heavy atom. The molecule has 0 radical (unpaired) electrons. The maximum absolute atomic E-state index is 13.1. The van der Waals surface area contributed by atoms with Crippen LogP contribution in [0.3, 0.4) is 0 Å². The van der Waals surface area contributed by atoms with E-state index in [9.17, 15) is 4.79 Å². The summed E-state index contributed by atoms with van der Waals surface area (Å²) in [5.74, 6) is 0.249. The summed E-state index contributed by atoms with van der Waals surface area (Å²) in [6.45, 7) is 4.76. The van der Waals surface area contributed by atoms with E-state index in [0.29, 0.717) is 18.3 Å². The molecule has 1 atom stereocenters. The standard InChI is InChI=1S/C31H35N3O2/c1-3-33-29(35)28(36-30(33)32-25-13-7-4-8-14-25)23-24-19-21-31(2,22-20-24)34(26-15-9-5-10-16-26)27-17-11-6-12-18-27/h5-6,9-12,15-21,23,25H,3-4,7-8,13-14,22H2,1-2H3/b28-23+,32-30?. The topological polar surface area (TPSA) is 45.1 Å². The lowest BCUT2D eigenvalue weighted by atomic mass is 9.87. The Kier molecular flexibility index (Phi) is 7.08. The Labute approximate surface area is 214 Å². The Hall–Kier alpha value is -3.60. The number of ether oxygens (including phenoxy) is 1. The van der Waals surface area contributed by atoms with Gasteiger partial charge in [0.1, 0.15) is 0 Å². The second kappa shape index (κ2) is 10.6. The molecule has 2 aromatic carbocycles. The van der Waals surface area contributed by atoms with Crippen molar-refractivity contribution in [3.8, 4) is 0 Å². The van der Waals surface area contributed by atoms with E-state index >= 15 is 0 Å². The summed E-state index contributed by atoms with van der Waals surface area (Å²) >= 11 is 0.